The molecule has 31 heavy (non-hydrogen) atoms. The Kier molecular flexibility index (Phi) is 7.63. The molecule has 1 N–H and O–H groups in total. The predicted molar refractivity (Wildman–Crippen MR) is 116 cm³/mol. The molecule has 1 amide bonds. The Bertz CT molecular complexity index is 948. The summed E-state index contributed by atoms with van der Waals surface area (Å²) in [5.41, 5.74) is 1.07. The van der Waals surface area contributed by atoms with Crippen molar-refractivity contribution in [2.45, 2.75) is 38.8 Å². The molecular formula is C23H26ClNO6. The Morgan fingerprint density at radius 2 is 2.06 bits per heavy atom. The quantitative estimate of drug-likeness (QED) is 0.607. The smallest absolute Gasteiger partial charge is 0.339 e. The second-order valence-corrected chi connectivity index (χ2v) is 7.53. The number of fused-ring (bicyclic) bond motifs is 1. The predicted octanol–water partition coefficient (Wildman–Crippen LogP) is 4.32. The van der Waals surface area contributed by atoms with E-state index in [9.17, 15) is 9.59 Å². The summed E-state index contributed by atoms with van der Waals surface area (Å²) in [6.07, 6.45) is 0.437. The van der Waals surface area contributed by atoms with Crippen LogP contribution in [0.5, 0.6) is 17.2 Å². The number of amides is 1. The molecule has 0 fully saturated rings. The maximum Gasteiger partial charge on any atom is 0.339 e. The molecule has 0 aromatic heterocycles. The third-order valence-electron chi connectivity index (χ3n) is 4.84. The van der Waals surface area contributed by atoms with Crippen molar-refractivity contribution in [3.05, 3.63) is 52.5 Å². The Balaban J connectivity index is 1.66. The van der Waals surface area contributed by atoms with Crippen molar-refractivity contribution >= 4 is 23.5 Å². The van der Waals surface area contributed by atoms with E-state index in [2.05, 4.69) is 5.32 Å². The molecule has 166 valence electrons. The lowest BCUT2D eigenvalue weighted by molar-refractivity contribution is -0.130. The van der Waals surface area contributed by atoms with Crippen LogP contribution in [0.2, 0.25) is 5.02 Å². The van der Waals surface area contributed by atoms with Gasteiger partial charge in [-0.15, -0.1) is 0 Å². The van der Waals surface area contributed by atoms with Crippen molar-refractivity contribution in [2.75, 3.05) is 20.3 Å². The maximum atomic E-state index is 12.7. The van der Waals surface area contributed by atoms with Gasteiger partial charge >= 0.3 is 5.97 Å². The molecule has 0 aliphatic carbocycles. The Morgan fingerprint density at radius 3 is 2.81 bits per heavy atom. The van der Waals surface area contributed by atoms with Crippen LogP contribution in [0.4, 0.5) is 0 Å². The monoisotopic (exact) mass is 447 g/mol. The number of rotatable bonds is 8. The number of para-hydroxylation sites is 1. The third kappa shape index (κ3) is 5.41. The van der Waals surface area contributed by atoms with E-state index in [0.29, 0.717) is 31.1 Å². The summed E-state index contributed by atoms with van der Waals surface area (Å²) < 4.78 is 21.9. The Morgan fingerprint density at radius 1 is 1.29 bits per heavy atom. The molecule has 2 aromatic rings. The summed E-state index contributed by atoms with van der Waals surface area (Å²) >= 11 is 6.27. The fourth-order valence-corrected chi connectivity index (χ4v) is 3.51. The number of methoxy groups -OCH3 is 1. The van der Waals surface area contributed by atoms with Crippen molar-refractivity contribution in [3.8, 4) is 17.2 Å². The average molecular weight is 448 g/mol. The summed E-state index contributed by atoms with van der Waals surface area (Å²) in [4.78, 5) is 25.3. The molecule has 7 nitrogen and oxygen atoms in total. The minimum atomic E-state index is -0.997. The van der Waals surface area contributed by atoms with E-state index in [1.165, 1.54) is 26.2 Å². The van der Waals surface area contributed by atoms with Gasteiger partial charge in [-0.05, 0) is 31.5 Å². The van der Waals surface area contributed by atoms with Crippen molar-refractivity contribution < 1.29 is 28.5 Å². The number of ether oxygens (including phenoxy) is 4. The summed E-state index contributed by atoms with van der Waals surface area (Å²) in [7, 11) is 1.46. The molecular weight excluding hydrogens is 422 g/mol. The highest BCUT2D eigenvalue weighted by Gasteiger charge is 2.27. The molecule has 1 heterocycles. The topological polar surface area (TPSA) is 83.1 Å². The van der Waals surface area contributed by atoms with Gasteiger partial charge in [-0.25, -0.2) is 4.79 Å². The lowest BCUT2D eigenvalue weighted by Gasteiger charge is -2.27. The molecule has 3 rings (SSSR count). The molecule has 0 spiro atoms. The standard InChI is InChI=1S/C23H26ClNO6/c1-4-10-30-21-17(24)12-15(13-20(21)28-3)23(27)31-14(2)22(26)25-18-9-11-29-19-8-6-5-7-16(18)19/h5-8,12-14,18H,4,9-11H2,1-3H3,(H,25,26). The van der Waals surface area contributed by atoms with E-state index in [-0.39, 0.29) is 16.6 Å². The fourth-order valence-electron chi connectivity index (χ4n) is 3.25. The van der Waals surface area contributed by atoms with Crippen LogP contribution in [0.15, 0.2) is 36.4 Å². The maximum absolute atomic E-state index is 12.7. The van der Waals surface area contributed by atoms with Gasteiger partial charge in [0.2, 0.25) is 0 Å². The van der Waals surface area contributed by atoms with Gasteiger partial charge in [0.25, 0.3) is 5.91 Å². The second-order valence-electron chi connectivity index (χ2n) is 7.12. The fraction of sp³-hybridized carbons (Fsp3) is 0.391. The van der Waals surface area contributed by atoms with Crippen molar-refractivity contribution in [3.63, 3.8) is 0 Å². The van der Waals surface area contributed by atoms with Gasteiger partial charge in [-0.1, -0.05) is 36.7 Å². The number of esters is 1. The number of nitrogens with one attached hydrogen (secondary N) is 1. The van der Waals surface area contributed by atoms with E-state index in [1.54, 1.807) is 0 Å². The van der Waals surface area contributed by atoms with E-state index >= 15 is 0 Å². The van der Waals surface area contributed by atoms with Crippen LogP contribution in [0.1, 0.15) is 48.7 Å². The third-order valence-corrected chi connectivity index (χ3v) is 5.12. The number of halogens is 1. The molecule has 2 aromatic carbocycles. The van der Waals surface area contributed by atoms with Gasteiger partial charge in [0.05, 0.1) is 37.0 Å². The Labute approximate surface area is 186 Å². The lowest BCUT2D eigenvalue weighted by Crippen LogP contribution is -2.39. The lowest BCUT2D eigenvalue weighted by atomic mass is 10.0. The van der Waals surface area contributed by atoms with Gasteiger partial charge in [-0.2, -0.15) is 0 Å². The van der Waals surface area contributed by atoms with E-state index in [0.717, 1.165) is 17.7 Å². The first kappa shape index (κ1) is 22.7. The number of carbonyl (C=O) groups excluding carboxylic acids is 2. The van der Waals surface area contributed by atoms with Gasteiger partial charge < -0.3 is 24.3 Å². The highest BCUT2D eigenvalue weighted by Crippen LogP contribution is 2.37. The number of carbonyl (C=O) groups is 2. The Hall–Kier alpha value is -2.93. The summed E-state index contributed by atoms with van der Waals surface area (Å²) in [5, 5.41) is 3.16. The van der Waals surface area contributed by atoms with Gasteiger partial charge in [0.15, 0.2) is 17.6 Å². The van der Waals surface area contributed by atoms with Crippen LogP contribution >= 0.6 is 11.6 Å². The van der Waals surface area contributed by atoms with Crippen LogP contribution in [-0.4, -0.2) is 38.3 Å². The van der Waals surface area contributed by atoms with Gasteiger partial charge in [0.1, 0.15) is 5.75 Å². The molecule has 1 aliphatic heterocycles. The SMILES string of the molecule is CCCOc1c(Cl)cc(C(=O)OC(C)C(=O)NC2CCOc3ccccc32)cc1OC. The second kappa shape index (κ2) is 10.4. The summed E-state index contributed by atoms with van der Waals surface area (Å²) in [6, 6.07) is 10.3. The minimum Gasteiger partial charge on any atom is -0.493 e. The average Bonchev–Trinajstić information content (AvgIpc) is 2.77. The van der Waals surface area contributed by atoms with Crippen molar-refractivity contribution in [1.29, 1.82) is 0 Å². The number of hydrogen-bond donors (Lipinski definition) is 1. The molecule has 0 bridgehead atoms. The highest BCUT2D eigenvalue weighted by molar-refractivity contribution is 6.32. The van der Waals surface area contributed by atoms with Crippen molar-refractivity contribution in [1.82, 2.24) is 5.32 Å². The van der Waals surface area contributed by atoms with Crippen LogP contribution in [0, 0.1) is 0 Å². The first-order chi connectivity index (χ1) is 14.9. The summed E-state index contributed by atoms with van der Waals surface area (Å²) in [6.45, 7) is 4.46. The van der Waals surface area contributed by atoms with E-state index in [4.69, 9.17) is 30.5 Å². The van der Waals surface area contributed by atoms with Crippen LogP contribution in [-0.2, 0) is 9.53 Å². The molecule has 1 aliphatic rings. The first-order valence-electron chi connectivity index (χ1n) is 10.2. The normalized spacial score (nSPS) is 15.8. The molecule has 2 unspecified atom stereocenters. The molecule has 2 atom stereocenters. The highest BCUT2D eigenvalue weighted by atomic mass is 35.5. The zero-order chi connectivity index (χ0) is 22.4. The molecule has 0 radical (unpaired) electrons. The van der Waals surface area contributed by atoms with Crippen LogP contribution in [0.25, 0.3) is 0 Å². The zero-order valence-electron chi connectivity index (χ0n) is 17.8. The minimum absolute atomic E-state index is 0.168. The number of benzene rings is 2. The van der Waals surface area contributed by atoms with Crippen LogP contribution in [0.3, 0.4) is 0 Å². The molecule has 8 heteroatoms. The van der Waals surface area contributed by atoms with Gasteiger partial charge in [-0.3, -0.25) is 4.79 Å². The van der Waals surface area contributed by atoms with Crippen LogP contribution < -0.4 is 19.5 Å². The molecule has 0 saturated carbocycles. The van der Waals surface area contributed by atoms with E-state index in [1.807, 2.05) is 31.2 Å². The van der Waals surface area contributed by atoms with E-state index < -0.39 is 18.0 Å². The summed E-state index contributed by atoms with van der Waals surface area (Å²) in [5.74, 6) is 0.361. The zero-order valence-corrected chi connectivity index (χ0v) is 18.5. The number of hydrogen-bond acceptors (Lipinski definition) is 6. The van der Waals surface area contributed by atoms with Gasteiger partial charge in [0, 0.05) is 12.0 Å². The van der Waals surface area contributed by atoms with Crippen molar-refractivity contribution in [2.24, 2.45) is 0 Å². The first-order valence-corrected chi connectivity index (χ1v) is 10.6. The largest absolute Gasteiger partial charge is 0.493 e. The molecule has 0 saturated heterocycles.